The van der Waals surface area contributed by atoms with E-state index in [1.807, 2.05) is 26.0 Å². The molecule has 3 aromatic rings. The lowest BCUT2D eigenvalue weighted by Crippen LogP contribution is -2.22. The number of aromatic nitrogens is 2. The largest absolute Gasteiger partial charge is 0.411 e. The average molecular weight is 371 g/mol. The van der Waals surface area contributed by atoms with Gasteiger partial charge in [0.1, 0.15) is 5.82 Å². The molecule has 0 saturated carbocycles. The van der Waals surface area contributed by atoms with Crippen LogP contribution in [0.1, 0.15) is 18.1 Å². The molecule has 0 fully saturated rings. The van der Waals surface area contributed by atoms with Gasteiger partial charge in [0, 0.05) is 5.56 Å². The molecule has 134 valence electrons. The Hall–Kier alpha value is -2.67. The molecule has 0 unspecified atom stereocenters. The Morgan fingerprint density at radius 3 is 2.54 bits per heavy atom. The Bertz CT molecular complexity index is 922. The van der Waals surface area contributed by atoms with E-state index in [0.29, 0.717) is 5.89 Å². The summed E-state index contributed by atoms with van der Waals surface area (Å²) in [7, 11) is 0. The first-order valence-electron chi connectivity index (χ1n) is 8.06. The van der Waals surface area contributed by atoms with Gasteiger partial charge in [-0.2, -0.15) is 0 Å². The van der Waals surface area contributed by atoms with Crippen LogP contribution in [-0.4, -0.2) is 21.4 Å². The third-order valence-corrected chi connectivity index (χ3v) is 4.59. The first-order valence-corrected chi connectivity index (χ1v) is 8.94. The summed E-state index contributed by atoms with van der Waals surface area (Å²) in [4.78, 5) is 12.2. The quantitative estimate of drug-likeness (QED) is 0.663. The van der Waals surface area contributed by atoms with Gasteiger partial charge in [-0.3, -0.25) is 4.79 Å². The summed E-state index contributed by atoms with van der Waals surface area (Å²) in [6.07, 6.45) is 0. The molecule has 1 aromatic heterocycles. The van der Waals surface area contributed by atoms with Crippen LogP contribution in [-0.2, 0) is 4.79 Å². The molecule has 1 atom stereocenters. The summed E-state index contributed by atoms with van der Waals surface area (Å²) in [5, 5.41) is 10.4. The topological polar surface area (TPSA) is 68.0 Å². The second-order valence-corrected chi connectivity index (χ2v) is 7.27. The van der Waals surface area contributed by atoms with Gasteiger partial charge >= 0.3 is 0 Å². The van der Waals surface area contributed by atoms with Crippen LogP contribution in [0.15, 0.2) is 52.1 Å². The fourth-order valence-corrected chi connectivity index (χ4v) is 3.16. The molecule has 26 heavy (non-hydrogen) atoms. The molecule has 7 heteroatoms. The van der Waals surface area contributed by atoms with Gasteiger partial charge in [-0.15, -0.1) is 10.2 Å². The fourth-order valence-electron chi connectivity index (χ4n) is 2.47. The van der Waals surface area contributed by atoms with Crippen molar-refractivity contribution < 1.29 is 13.6 Å². The lowest BCUT2D eigenvalue weighted by Gasteiger charge is -2.10. The Morgan fingerprint density at radius 1 is 1.15 bits per heavy atom. The normalized spacial score (nSPS) is 12.0. The zero-order valence-corrected chi connectivity index (χ0v) is 15.4. The highest BCUT2D eigenvalue weighted by atomic mass is 32.2. The van der Waals surface area contributed by atoms with E-state index in [1.165, 1.54) is 12.1 Å². The van der Waals surface area contributed by atoms with Crippen LogP contribution in [0.5, 0.6) is 0 Å². The van der Waals surface area contributed by atoms with Crippen LogP contribution in [0.4, 0.5) is 10.1 Å². The van der Waals surface area contributed by atoms with Gasteiger partial charge in [-0.25, -0.2) is 4.39 Å². The maximum Gasteiger partial charge on any atom is 0.277 e. The van der Waals surface area contributed by atoms with E-state index in [9.17, 15) is 9.18 Å². The van der Waals surface area contributed by atoms with Crippen LogP contribution in [0.2, 0.25) is 0 Å². The standard InChI is InChI=1S/C19H18FN3O2S/c1-11-8-12(2)10-14(9-11)18-22-23-19(25-18)26-13(3)17(24)21-16-7-5-4-6-15(16)20/h4-10,13H,1-3H3,(H,21,24)/t13-/m1/s1. The molecule has 1 heterocycles. The minimum Gasteiger partial charge on any atom is -0.411 e. The van der Waals surface area contributed by atoms with Gasteiger partial charge in [0.05, 0.1) is 10.9 Å². The number of aryl methyl sites for hydroxylation is 2. The molecule has 0 saturated heterocycles. The number of thioether (sulfide) groups is 1. The molecular weight excluding hydrogens is 353 g/mol. The summed E-state index contributed by atoms with van der Waals surface area (Å²) in [5.41, 5.74) is 3.19. The summed E-state index contributed by atoms with van der Waals surface area (Å²) in [5.74, 6) is -0.416. The summed E-state index contributed by atoms with van der Waals surface area (Å²) in [6.45, 7) is 5.69. The Kier molecular flexibility index (Phi) is 5.37. The first kappa shape index (κ1) is 18.1. The monoisotopic (exact) mass is 371 g/mol. The van der Waals surface area contributed by atoms with E-state index in [0.717, 1.165) is 28.5 Å². The van der Waals surface area contributed by atoms with Crippen LogP contribution in [0.3, 0.4) is 0 Å². The van der Waals surface area contributed by atoms with Crippen molar-refractivity contribution in [2.45, 2.75) is 31.2 Å². The molecule has 0 aliphatic rings. The number of rotatable bonds is 5. The van der Waals surface area contributed by atoms with Crippen LogP contribution < -0.4 is 5.32 Å². The predicted octanol–water partition coefficient (Wildman–Crippen LogP) is 4.61. The van der Waals surface area contributed by atoms with Gasteiger partial charge in [0.15, 0.2) is 0 Å². The third-order valence-electron chi connectivity index (χ3n) is 3.65. The number of nitrogens with zero attached hydrogens (tertiary/aromatic N) is 2. The molecule has 2 aromatic carbocycles. The number of para-hydroxylation sites is 1. The predicted molar refractivity (Wildman–Crippen MR) is 99.6 cm³/mol. The zero-order chi connectivity index (χ0) is 18.7. The van der Waals surface area contributed by atoms with Crippen molar-refractivity contribution in [2.75, 3.05) is 5.32 Å². The van der Waals surface area contributed by atoms with Crippen molar-refractivity contribution in [1.29, 1.82) is 0 Å². The lowest BCUT2D eigenvalue weighted by atomic mass is 10.1. The molecule has 0 aliphatic heterocycles. The second-order valence-electron chi connectivity index (χ2n) is 5.98. The zero-order valence-electron chi connectivity index (χ0n) is 14.6. The highest BCUT2D eigenvalue weighted by molar-refractivity contribution is 8.00. The van der Waals surface area contributed by atoms with Gasteiger partial charge in [-0.1, -0.05) is 41.1 Å². The van der Waals surface area contributed by atoms with Crippen molar-refractivity contribution in [3.8, 4) is 11.5 Å². The van der Waals surface area contributed by atoms with E-state index in [2.05, 4.69) is 21.6 Å². The van der Waals surface area contributed by atoms with E-state index >= 15 is 0 Å². The maximum absolute atomic E-state index is 13.6. The number of anilines is 1. The summed E-state index contributed by atoms with van der Waals surface area (Å²) < 4.78 is 19.3. The van der Waals surface area contributed by atoms with E-state index in [1.54, 1.807) is 19.1 Å². The molecule has 0 spiro atoms. The number of nitrogens with one attached hydrogen (secondary N) is 1. The SMILES string of the molecule is Cc1cc(C)cc(-c2nnc(S[C@H](C)C(=O)Nc3ccccc3F)o2)c1. The molecule has 1 amide bonds. The van der Waals surface area contributed by atoms with E-state index in [-0.39, 0.29) is 16.8 Å². The Balaban J connectivity index is 1.68. The van der Waals surface area contributed by atoms with Crippen LogP contribution in [0.25, 0.3) is 11.5 Å². The smallest absolute Gasteiger partial charge is 0.277 e. The Morgan fingerprint density at radius 2 is 1.85 bits per heavy atom. The van der Waals surface area contributed by atoms with Gasteiger partial charge in [-0.05, 0) is 45.0 Å². The van der Waals surface area contributed by atoms with Crippen molar-refractivity contribution in [3.63, 3.8) is 0 Å². The highest BCUT2D eigenvalue weighted by Crippen LogP contribution is 2.28. The Labute approximate surface area is 155 Å². The third kappa shape index (κ3) is 4.29. The molecule has 0 radical (unpaired) electrons. The number of hydrogen-bond donors (Lipinski definition) is 1. The molecule has 5 nitrogen and oxygen atoms in total. The number of benzene rings is 2. The van der Waals surface area contributed by atoms with Crippen molar-refractivity contribution >= 4 is 23.4 Å². The van der Waals surface area contributed by atoms with Gasteiger partial charge in [0.25, 0.3) is 5.22 Å². The molecule has 3 rings (SSSR count). The lowest BCUT2D eigenvalue weighted by molar-refractivity contribution is -0.115. The van der Waals surface area contributed by atoms with Crippen LogP contribution in [0, 0.1) is 19.7 Å². The van der Waals surface area contributed by atoms with Gasteiger partial charge in [0.2, 0.25) is 11.8 Å². The number of carbonyl (C=O) groups is 1. The van der Waals surface area contributed by atoms with Crippen molar-refractivity contribution in [2.24, 2.45) is 0 Å². The number of carbonyl (C=O) groups excluding carboxylic acids is 1. The summed E-state index contributed by atoms with van der Waals surface area (Å²) >= 11 is 1.13. The second kappa shape index (κ2) is 7.70. The van der Waals surface area contributed by atoms with E-state index in [4.69, 9.17) is 4.42 Å². The molecule has 0 bridgehead atoms. The van der Waals surface area contributed by atoms with Crippen molar-refractivity contribution in [3.05, 3.63) is 59.4 Å². The number of amides is 1. The molecular formula is C19H18FN3O2S. The molecule has 0 aliphatic carbocycles. The number of hydrogen-bond acceptors (Lipinski definition) is 5. The fraction of sp³-hybridized carbons (Fsp3) is 0.211. The minimum atomic E-state index is -0.526. The maximum atomic E-state index is 13.6. The number of halogens is 1. The minimum absolute atomic E-state index is 0.145. The van der Waals surface area contributed by atoms with Crippen LogP contribution >= 0.6 is 11.8 Å². The highest BCUT2D eigenvalue weighted by Gasteiger charge is 2.20. The van der Waals surface area contributed by atoms with E-state index < -0.39 is 11.1 Å². The molecule has 1 N–H and O–H groups in total. The first-order chi connectivity index (χ1) is 12.4. The van der Waals surface area contributed by atoms with Gasteiger partial charge < -0.3 is 9.73 Å². The van der Waals surface area contributed by atoms with Crippen molar-refractivity contribution in [1.82, 2.24) is 10.2 Å². The average Bonchev–Trinajstić information content (AvgIpc) is 3.04. The summed E-state index contributed by atoms with van der Waals surface area (Å²) in [6, 6.07) is 12.0.